The Morgan fingerprint density at radius 3 is 2.26 bits per heavy atom. The first-order valence-corrected chi connectivity index (χ1v) is 11.5. The van der Waals surface area contributed by atoms with Crippen molar-refractivity contribution >= 4 is 11.8 Å². The summed E-state index contributed by atoms with van der Waals surface area (Å²) >= 11 is 0. The van der Waals surface area contributed by atoms with Crippen LogP contribution >= 0.6 is 0 Å². The van der Waals surface area contributed by atoms with Crippen LogP contribution in [0.4, 0.5) is 0 Å². The number of fused-ring (bicyclic) bond motifs is 1. The Hall–Kier alpha value is -2.59. The number of ether oxygens (including phenoxy) is 2. The number of nitrogens with zero attached hydrogens (tertiary/aromatic N) is 3. The van der Waals surface area contributed by atoms with E-state index in [1.165, 1.54) is 5.56 Å². The largest absolute Gasteiger partial charge is 0.492 e. The third-order valence-corrected chi connectivity index (χ3v) is 7.40. The zero-order valence-corrected chi connectivity index (χ0v) is 17.8. The van der Waals surface area contributed by atoms with Crippen LogP contribution in [0, 0.1) is 17.2 Å². The maximum Gasteiger partial charge on any atom is 0.251 e. The number of carbonyl (C=O) groups excluding carboxylic acids is 2. The van der Waals surface area contributed by atoms with Crippen molar-refractivity contribution in [3.05, 3.63) is 29.3 Å². The van der Waals surface area contributed by atoms with Crippen LogP contribution in [0.5, 0.6) is 5.75 Å². The highest BCUT2D eigenvalue weighted by molar-refractivity contribution is 5.82. The Morgan fingerprint density at radius 1 is 0.968 bits per heavy atom. The number of hydrogen-bond acceptors (Lipinski definition) is 5. The molecule has 7 nitrogen and oxygen atoms in total. The van der Waals surface area contributed by atoms with Gasteiger partial charge in [-0.05, 0) is 43.2 Å². The van der Waals surface area contributed by atoms with E-state index < -0.39 is 0 Å². The van der Waals surface area contributed by atoms with E-state index in [2.05, 4.69) is 18.2 Å². The molecule has 1 saturated carbocycles. The van der Waals surface area contributed by atoms with Crippen molar-refractivity contribution in [3.63, 3.8) is 0 Å². The topological polar surface area (TPSA) is 82.9 Å². The van der Waals surface area contributed by atoms with Crippen molar-refractivity contribution in [2.45, 2.75) is 50.0 Å². The monoisotopic (exact) mass is 423 g/mol. The molecule has 7 heteroatoms. The molecular formula is C24H29N3O4. The predicted octanol–water partition coefficient (Wildman–Crippen LogP) is 2.42. The summed E-state index contributed by atoms with van der Waals surface area (Å²) in [5.74, 6) is 1.51. The highest BCUT2D eigenvalue weighted by Crippen LogP contribution is 2.41. The first kappa shape index (κ1) is 20.3. The molecule has 0 aromatic heterocycles. The average Bonchev–Trinajstić information content (AvgIpc) is 3.20. The van der Waals surface area contributed by atoms with Crippen LogP contribution in [0.1, 0.15) is 55.1 Å². The van der Waals surface area contributed by atoms with Gasteiger partial charge in [-0.3, -0.25) is 9.59 Å². The van der Waals surface area contributed by atoms with Crippen molar-refractivity contribution in [1.29, 1.82) is 5.26 Å². The van der Waals surface area contributed by atoms with Crippen LogP contribution in [-0.4, -0.2) is 67.1 Å². The molecule has 0 spiro atoms. The highest BCUT2D eigenvalue weighted by atomic mass is 16.5. The minimum absolute atomic E-state index is 0.0808. The normalized spacial score (nSPS) is 30.0. The van der Waals surface area contributed by atoms with E-state index in [0.717, 1.165) is 43.4 Å². The quantitative estimate of drug-likeness (QED) is 0.746. The minimum atomic E-state index is -0.258. The van der Waals surface area contributed by atoms with Gasteiger partial charge in [0.25, 0.3) is 5.91 Å². The van der Waals surface area contributed by atoms with Gasteiger partial charge in [0, 0.05) is 44.1 Å². The van der Waals surface area contributed by atoms with Crippen LogP contribution in [0.2, 0.25) is 0 Å². The van der Waals surface area contributed by atoms with Crippen LogP contribution in [0.25, 0.3) is 0 Å². The fourth-order valence-corrected chi connectivity index (χ4v) is 5.31. The molecule has 0 radical (unpaired) electrons. The van der Waals surface area contributed by atoms with Crippen LogP contribution in [0.3, 0.4) is 0 Å². The Morgan fingerprint density at radius 2 is 1.65 bits per heavy atom. The van der Waals surface area contributed by atoms with E-state index in [0.29, 0.717) is 45.3 Å². The van der Waals surface area contributed by atoms with Gasteiger partial charge in [0.05, 0.1) is 12.7 Å². The predicted molar refractivity (Wildman–Crippen MR) is 113 cm³/mol. The first-order valence-electron chi connectivity index (χ1n) is 11.5. The molecule has 31 heavy (non-hydrogen) atoms. The molecule has 2 unspecified atom stereocenters. The van der Waals surface area contributed by atoms with Crippen LogP contribution in [-0.2, 0) is 14.3 Å². The van der Waals surface area contributed by atoms with Crippen molar-refractivity contribution in [2.24, 2.45) is 5.92 Å². The maximum atomic E-state index is 13.1. The lowest BCUT2D eigenvalue weighted by atomic mass is 9.77. The fraction of sp³-hybridized carbons (Fsp3) is 0.625. The number of benzene rings is 1. The molecule has 3 aliphatic heterocycles. The third-order valence-electron chi connectivity index (χ3n) is 7.40. The van der Waals surface area contributed by atoms with Gasteiger partial charge in [0.2, 0.25) is 5.91 Å². The molecule has 2 atom stereocenters. The lowest BCUT2D eigenvalue weighted by Crippen LogP contribution is -2.55. The molecule has 3 heterocycles. The molecule has 164 valence electrons. The second kappa shape index (κ2) is 8.51. The number of nitriles is 1. The summed E-state index contributed by atoms with van der Waals surface area (Å²) in [6.07, 6.45) is 4.33. The lowest BCUT2D eigenvalue weighted by molar-refractivity contribution is -0.159. The number of piperazine rings is 1. The zero-order chi connectivity index (χ0) is 21.4. The van der Waals surface area contributed by atoms with E-state index in [-0.39, 0.29) is 29.8 Å². The smallest absolute Gasteiger partial charge is 0.251 e. The standard InChI is InChI=1S/C24H29N3O4/c25-14-19-15-31-21-6-5-18(13-20(19)21)16-1-3-17(4-2-16)23(28)26-8-10-27(11-9-26)24(29)22-7-12-30-22/h5-6,13,16-17,19,22H,1-4,7-12,15H2. The molecule has 1 aromatic rings. The molecule has 4 aliphatic rings. The average molecular weight is 424 g/mol. The Bertz CT molecular complexity index is 891. The van der Waals surface area contributed by atoms with Crippen molar-refractivity contribution in [2.75, 3.05) is 39.4 Å². The molecule has 3 fully saturated rings. The fourth-order valence-electron chi connectivity index (χ4n) is 5.31. The summed E-state index contributed by atoms with van der Waals surface area (Å²) in [6.45, 7) is 3.59. The lowest BCUT2D eigenvalue weighted by Gasteiger charge is -2.40. The second-order valence-corrected chi connectivity index (χ2v) is 9.14. The molecule has 1 aliphatic carbocycles. The molecule has 0 bridgehead atoms. The summed E-state index contributed by atoms with van der Waals surface area (Å²) in [5, 5.41) is 9.32. The second-order valence-electron chi connectivity index (χ2n) is 9.14. The van der Waals surface area contributed by atoms with Gasteiger partial charge in [0.1, 0.15) is 24.4 Å². The van der Waals surface area contributed by atoms with Crippen LogP contribution < -0.4 is 4.74 Å². The number of amides is 2. The Kier molecular flexibility index (Phi) is 5.58. The summed E-state index contributed by atoms with van der Waals surface area (Å²) in [7, 11) is 0. The van der Waals surface area contributed by atoms with E-state index in [4.69, 9.17) is 9.47 Å². The zero-order valence-electron chi connectivity index (χ0n) is 17.8. The molecule has 0 N–H and O–H groups in total. The van der Waals surface area contributed by atoms with Crippen molar-refractivity contribution in [1.82, 2.24) is 9.80 Å². The van der Waals surface area contributed by atoms with Gasteiger partial charge >= 0.3 is 0 Å². The van der Waals surface area contributed by atoms with Gasteiger partial charge in [-0.1, -0.05) is 12.1 Å². The highest BCUT2D eigenvalue weighted by Gasteiger charge is 2.35. The third kappa shape index (κ3) is 3.89. The number of carbonyl (C=O) groups is 2. The van der Waals surface area contributed by atoms with E-state index in [1.807, 2.05) is 15.9 Å². The van der Waals surface area contributed by atoms with E-state index >= 15 is 0 Å². The summed E-state index contributed by atoms with van der Waals surface area (Å²) < 4.78 is 10.9. The SMILES string of the molecule is N#CC1COc2ccc(C3CCC(C(=O)N4CCN(C(=O)C5CCO5)CC4)CC3)cc21. The Labute approximate surface area is 182 Å². The van der Waals surface area contributed by atoms with Gasteiger partial charge in [-0.2, -0.15) is 5.26 Å². The minimum Gasteiger partial charge on any atom is -0.492 e. The molecule has 5 rings (SSSR count). The number of rotatable bonds is 3. The van der Waals surface area contributed by atoms with Crippen molar-refractivity contribution in [3.8, 4) is 11.8 Å². The molecule has 1 aromatic carbocycles. The maximum absolute atomic E-state index is 13.1. The Balaban J connectivity index is 1.13. The van der Waals surface area contributed by atoms with Gasteiger partial charge < -0.3 is 19.3 Å². The van der Waals surface area contributed by atoms with Gasteiger partial charge in [-0.15, -0.1) is 0 Å². The summed E-state index contributed by atoms with van der Waals surface area (Å²) in [5.41, 5.74) is 2.28. The summed E-state index contributed by atoms with van der Waals surface area (Å²) in [4.78, 5) is 29.2. The first-order chi connectivity index (χ1) is 15.1. The van der Waals surface area contributed by atoms with E-state index in [1.54, 1.807) is 0 Å². The van der Waals surface area contributed by atoms with Gasteiger partial charge in [-0.25, -0.2) is 0 Å². The number of hydrogen-bond donors (Lipinski definition) is 0. The van der Waals surface area contributed by atoms with Crippen molar-refractivity contribution < 1.29 is 19.1 Å². The van der Waals surface area contributed by atoms with Gasteiger partial charge in [0.15, 0.2) is 0 Å². The molecule has 2 amide bonds. The summed E-state index contributed by atoms with van der Waals surface area (Å²) in [6, 6.07) is 8.58. The molecule has 2 saturated heterocycles. The van der Waals surface area contributed by atoms with Crippen LogP contribution in [0.15, 0.2) is 18.2 Å². The molecular weight excluding hydrogens is 394 g/mol. The van der Waals surface area contributed by atoms with E-state index in [9.17, 15) is 14.9 Å².